The zero-order valence-corrected chi connectivity index (χ0v) is 24.5. The molecule has 0 unspecified atom stereocenters. The maximum Gasteiger partial charge on any atom is 0.251 e. The van der Waals surface area contributed by atoms with Gasteiger partial charge in [-0.2, -0.15) is 0 Å². The summed E-state index contributed by atoms with van der Waals surface area (Å²) in [4.78, 5) is 20.3. The number of benzene rings is 3. The minimum Gasteiger partial charge on any atom is -0.369 e. The molecule has 0 atom stereocenters. The number of aromatic nitrogens is 5. The molecule has 5 aromatic rings. The molecular weight excluding hydrogens is 522 g/mol. The Morgan fingerprint density at radius 2 is 1.69 bits per heavy atom. The van der Waals surface area contributed by atoms with Gasteiger partial charge in [0.1, 0.15) is 0 Å². The highest BCUT2D eigenvalue weighted by molar-refractivity contribution is 5.94. The number of aromatic amines is 1. The Balaban J connectivity index is 1.02. The average Bonchev–Trinajstić information content (AvgIpc) is 3.63. The summed E-state index contributed by atoms with van der Waals surface area (Å²) in [6.07, 6.45) is 11.6. The van der Waals surface area contributed by atoms with E-state index < -0.39 is 0 Å². The summed E-state index contributed by atoms with van der Waals surface area (Å²) < 4.78 is 1.80. The van der Waals surface area contributed by atoms with E-state index >= 15 is 0 Å². The van der Waals surface area contributed by atoms with Crippen molar-refractivity contribution in [2.24, 2.45) is 0 Å². The van der Waals surface area contributed by atoms with Gasteiger partial charge in [-0.05, 0) is 73.1 Å². The molecule has 0 saturated carbocycles. The predicted molar refractivity (Wildman–Crippen MR) is 169 cm³/mol. The highest BCUT2D eigenvalue weighted by Crippen LogP contribution is 2.27. The van der Waals surface area contributed by atoms with E-state index in [1.54, 1.807) is 4.68 Å². The molecule has 3 aromatic carbocycles. The van der Waals surface area contributed by atoms with Gasteiger partial charge in [0, 0.05) is 29.6 Å². The lowest BCUT2D eigenvalue weighted by Crippen LogP contribution is -2.27. The number of nitrogens with two attached hydrogens (primary N) is 1. The standard InChI is InChI=1S/C34H41N7O/c1-2-3-5-10-25-15-17-27(18-16-25)33(42)36-21-22-41-24-30(39-40-41)13-6-4-7-14-31-32(38-34(35)37-31)29-20-19-26-11-8-9-12-28(26)23-29/h8-9,11-12,15-20,23-24H,2-7,10,13-14,21-22H2,1H3,(H,36,42)(H3,35,37,38). The van der Waals surface area contributed by atoms with Crippen LogP contribution in [0.15, 0.2) is 72.9 Å². The molecule has 0 aliphatic heterocycles. The summed E-state index contributed by atoms with van der Waals surface area (Å²) in [5.41, 5.74) is 12.1. The van der Waals surface area contributed by atoms with Crippen molar-refractivity contribution in [1.82, 2.24) is 30.3 Å². The van der Waals surface area contributed by atoms with Gasteiger partial charge in [0.15, 0.2) is 5.95 Å². The van der Waals surface area contributed by atoms with Gasteiger partial charge >= 0.3 is 0 Å². The Morgan fingerprint density at radius 3 is 2.52 bits per heavy atom. The first-order valence-electron chi connectivity index (χ1n) is 15.2. The Bertz CT molecular complexity index is 1590. The van der Waals surface area contributed by atoms with Gasteiger partial charge in [0.05, 0.1) is 17.9 Å². The van der Waals surface area contributed by atoms with E-state index in [1.807, 2.05) is 18.3 Å². The molecule has 0 spiro atoms. The number of aryl methyl sites for hydroxylation is 3. The molecule has 4 N–H and O–H groups in total. The molecule has 8 heteroatoms. The summed E-state index contributed by atoms with van der Waals surface area (Å²) in [7, 11) is 0. The number of anilines is 1. The molecule has 0 fully saturated rings. The summed E-state index contributed by atoms with van der Waals surface area (Å²) in [6.45, 7) is 3.30. The number of amides is 1. The van der Waals surface area contributed by atoms with E-state index in [9.17, 15) is 4.79 Å². The SMILES string of the molecule is CCCCCc1ccc(C(=O)NCCn2cc(CCCCCc3[nH]c(N)nc3-c3ccc4ccccc4c3)nn2)cc1. The molecule has 42 heavy (non-hydrogen) atoms. The third-order valence-corrected chi connectivity index (χ3v) is 7.68. The number of rotatable bonds is 15. The number of hydrogen-bond donors (Lipinski definition) is 3. The number of H-pyrrole nitrogens is 1. The van der Waals surface area contributed by atoms with Crippen LogP contribution in [-0.2, 0) is 25.8 Å². The van der Waals surface area contributed by atoms with E-state index in [2.05, 4.69) is 87.1 Å². The second-order valence-electron chi connectivity index (χ2n) is 11.0. The number of nitrogen functional groups attached to an aromatic ring is 1. The first-order valence-corrected chi connectivity index (χ1v) is 15.2. The Kier molecular flexibility index (Phi) is 9.98. The van der Waals surface area contributed by atoms with Crippen molar-refractivity contribution in [3.63, 3.8) is 0 Å². The van der Waals surface area contributed by atoms with Crippen molar-refractivity contribution in [3.8, 4) is 11.3 Å². The highest BCUT2D eigenvalue weighted by atomic mass is 16.1. The van der Waals surface area contributed by atoms with Crippen LogP contribution in [-0.4, -0.2) is 37.4 Å². The van der Waals surface area contributed by atoms with Gasteiger partial charge in [-0.25, -0.2) is 4.98 Å². The zero-order chi connectivity index (χ0) is 29.1. The number of imidazole rings is 1. The molecule has 0 bridgehead atoms. The topological polar surface area (TPSA) is 115 Å². The number of nitrogens with one attached hydrogen (secondary N) is 2. The van der Waals surface area contributed by atoms with Crippen LogP contribution in [0, 0.1) is 0 Å². The van der Waals surface area contributed by atoms with Crippen LogP contribution in [0.4, 0.5) is 5.95 Å². The molecule has 2 heterocycles. The Labute approximate surface area is 247 Å². The number of carbonyl (C=O) groups excluding carboxylic acids is 1. The monoisotopic (exact) mass is 563 g/mol. The fourth-order valence-electron chi connectivity index (χ4n) is 5.32. The van der Waals surface area contributed by atoms with Crippen LogP contribution in [0.1, 0.15) is 72.8 Å². The fourth-order valence-corrected chi connectivity index (χ4v) is 5.32. The van der Waals surface area contributed by atoms with E-state index in [0.29, 0.717) is 24.6 Å². The van der Waals surface area contributed by atoms with Gasteiger partial charge in [0.25, 0.3) is 5.91 Å². The van der Waals surface area contributed by atoms with E-state index in [-0.39, 0.29) is 5.91 Å². The van der Waals surface area contributed by atoms with Crippen LogP contribution < -0.4 is 11.1 Å². The van der Waals surface area contributed by atoms with E-state index in [0.717, 1.165) is 61.2 Å². The quantitative estimate of drug-likeness (QED) is 0.125. The predicted octanol–water partition coefficient (Wildman–Crippen LogP) is 6.52. The molecule has 1 amide bonds. The Morgan fingerprint density at radius 1 is 0.905 bits per heavy atom. The summed E-state index contributed by atoms with van der Waals surface area (Å²) in [5.74, 6) is 0.398. The van der Waals surface area contributed by atoms with Crippen molar-refractivity contribution < 1.29 is 4.79 Å². The normalized spacial score (nSPS) is 11.3. The maximum atomic E-state index is 12.5. The van der Waals surface area contributed by atoms with Gasteiger partial charge in [-0.3, -0.25) is 9.48 Å². The highest BCUT2D eigenvalue weighted by Gasteiger charge is 2.12. The summed E-state index contributed by atoms with van der Waals surface area (Å²) in [5, 5.41) is 14.0. The number of nitrogens with zero attached hydrogens (tertiary/aromatic N) is 4. The Hall–Kier alpha value is -4.46. The van der Waals surface area contributed by atoms with Gasteiger partial charge in [-0.15, -0.1) is 5.10 Å². The number of carbonyl (C=O) groups is 1. The minimum atomic E-state index is -0.0572. The maximum absolute atomic E-state index is 12.5. The van der Waals surface area contributed by atoms with Crippen molar-refractivity contribution in [2.45, 2.75) is 71.3 Å². The summed E-state index contributed by atoms with van der Waals surface area (Å²) >= 11 is 0. The van der Waals surface area contributed by atoms with Crippen molar-refractivity contribution >= 4 is 22.6 Å². The molecule has 2 aromatic heterocycles. The second kappa shape index (κ2) is 14.4. The molecule has 5 rings (SSSR count). The third-order valence-electron chi connectivity index (χ3n) is 7.68. The first-order chi connectivity index (χ1) is 20.6. The van der Waals surface area contributed by atoms with Crippen molar-refractivity contribution in [2.75, 3.05) is 12.3 Å². The smallest absolute Gasteiger partial charge is 0.251 e. The van der Waals surface area contributed by atoms with Gasteiger partial charge in [-0.1, -0.05) is 79.9 Å². The summed E-state index contributed by atoms with van der Waals surface area (Å²) in [6, 6.07) is 22.7. The molecular formula is C34H41N7O. The lowest BCUT2D eigenvalue weighted by Gasteiger charge is -2.06. The number of unbranched alkanes of at least 4 members (excludes halogenated alkanes) is 4. The van der Waals surface area contributed by atoms with E-state index in [4.69, 9.17) is 5.73 Å². The van der Waals surface area contributed by atoms with Gasteiger partial charge < -0.3 is 16.0 Å². The molecule has 0 radical (unpaired) electrons. The second-order valence-corrected chi connectivity index (χ2v) is 11.0. The molecule has 0 saturated heterocycles. The van der Waals surface area contributed by atoms with Crippen LogP contribution in [0.2, 0.25) is 0 Å². The van der Waals surface area contributed by atoms with Crippen LogP contribution in [0.3, 0.4) is 0 Å². The minimum absolute atomic E-state index is 0.0572. The molecule has 0 aliphatic carbocycles. The molecule has 8 nitrogen and oxygen atoms in total. The average molecular weight is 564 g/mol. The van der Waals surface area contributed by atoms with Gasteiger partial charge in [0.2, 0.25) is 0 Å². The molecule has 218 valence electrons. The van der Waals surface area contributed by atoms with Crippen LogP contribution >= 0.6 is 0 Å². The third kappa shape index (κ3) is 7.84. The fraction of sp³-hybridized carbons (Fsp3) is 0.353. The van der Waals surface area contributed by atoms with Crippen molar-refractivity contribution in [1.29, 1.82) is 0 Å². The lowest BCUT2D eigenvalue weighted by atomic mass is 10.0. The zero-order valence-electron chi connectivity index (χ0n) is 24.5. The van der Waals surface area contributed by atoms with Crippen LogP contribution in [0.25, 0.3) is 22.0 Å². The van der Waals surface area contributed by atoms with Crippen molar-refractivity contribution in [3.05, 3.63) is 95.4 Å². The molecule has 0 aliphatic rings. The van der Waals surface area contributed by atoms with E-state index in [1.165, 1.54) is 35.6 Å². The largest absolute Gasteiger partial charge is 0.369 e. The van der Waals surface area contributed by atoms with Crippen LogP contribution in [0.5, 0.6) is 0 Å². The lowest BCUT2D eigenvalue weighted by molar-refractivity contribution is 0.0952. The first kappa shape index (κ1) is 29.0. The number of fused-ring (bicyclic) bond motifs is 1. The number of hydrogen-bond acceptors (Lipinski definition) is 5.